The lowest BCUT2D eigenvalue weighted by Crippen LogP contribution is -2.49. The molecule has 132 valence electrons. The first-order valence-electron chi connectivity index (χ1n) is 9.37. The van der Waals surface area contributed by atoms with E-state index in [2.05, 4.69) is 17.6 Å². The third-order valence-corrected chi connectivity index (χ3v) is 4.03. The van der Waals surface area contributed by atoms with E-state index >= 15 is 0 Å². The summed E-state index contributed by atoms with van der Waals surface area (Å²) >= 11 is 0. The summed E-state index contributed by atoms with van der Waals surface area (Å²) in [4.78, 5) is 11.9. The summed E-state index contributed by atoms with van der Waals surface area (Å²) in [6, 6.07) is 0. The molecule has 0 heterocycles. The molecule has 2 unspecified atom stereocenters. The van der Waals surface area contributed by atoms with Gasteiger partial charge in [-0.2, -0.15) is 0 Å². The van der Waals surface area contributed by atoms with Gasteiger partial charge in [0.25, 0.3) is 0 Å². The van der Waals surface area contributed by atoms with E-state index in [1.54, 1.807) is 0 Å². The Bertz CT molecular complexity index is 259. The molecule has 0 saturated heterocycles. The van der Waals surface area contributed by atoms with Gasteiger partial charge in [0.05, 0.1) is 6.17 Å². The van der Waals surface area contributed by atoms with Gasteiger partial charge in [-0.3, -0.25) is 10.1 Å². The van der Waals surface area contributed by atoms with E-state index in [4.69, 9.17) is 0 Å². The van der Waals surface area contributed by atoms with E-state index in [9.17, 15) is 9.90 Å². The van der Waals surface area contributed by atoms with Gasteiger partial charge in [0.1, 0.15) is 6.23 Å². The fourth-order valence-corrected chi connectivity index (χ4v) is 2.47. The van der Waals surface area contributed by atoms with Crippen LogP contribution in [0.15, 0.2) is 0 Å². The maximum atomic E-state index is 11.9. The van der Waals surface area contributed by atoms with Gasteiger partial charge in [0.2, 0.25) is 5.91 Å². The minimum atomic E-state index is -0.544. The molecular weight excluding hydrogens is 276 g/mol. The Kier molecular flexibility index (Phi) is 14.9. The van der Waals surface area contributed by atoms with Gasteiger partial charge < -0.3 is 10.4 Å². The number of carbonyl (C=O) groups is 1. The van der Waals surface area contributed by atoms with Crippen LogP contribution in [0.5, 0.6) is 0 Å². The van der Waals surface area contributed by atoms with E-state index < -0.39 is 6.23 Å². The molecular formula is C18H38N2O2. The molecule has 0 aliphatic carbocycles. The Morgan fingerprint density at radius 3 is 1.91 bits per heavy atom. The van der Waals surface area contributed by atoms with Gasteiger partial charge in [-0.1, -0.05) is 72.1 Å². The molecule has 3 N–H and O–H groups in total. The van der Waals surface area contributed by atoms with Crippen LogP contribution in [-0.4, -0.2) is 23.4 Å². The predicted octanol–water partition coefficient (Wildman–Crippen LogP) is 4.08. The fourth-order valence-electron chi connectivity index (χ4n) is 2.47. The number of hydrogen-bond acceptors (Lipinski definition) is 3. The topological polar surface area (TPSA) is 61.4 Å². The summed E-state index contributed by atoms with van der Waals surface area (Å²) in [5.74, 6) is 0.0885. The lowest BCUT2D eigenvalue weighted by atomic mass is 10.1. The zero-order valence-corrected chi connectivity index (χ0v) is 15.0. The van der Waals surface area contributed by atoms with Crippen molar-refractivity contribution in [1.82, 2.24) is 10.6 Å². The first kappa shape index (κ1) is 21.4. The molecule has 0 saturated carbocycles. The predicted molar refractivity (Wildman–Crippen MR) is 93.5 cm³/mol. The van der Waals surface area contributed by atoms with Crippen molar-refractivity contribution in [1.29, 1.82) is 0 Å². The van der Waals surface area contributed by atoms with Crippen molar-refractivity contribution in [2.45, 2.75) is 110 Å². The van der Waals surface area contributed by atoms with Crippen LogP contribution in [0.4, 0.5) is 0 Å². The lowest BCUT2D eigenvalue weighted by molar-refractivity contribution is -0.122. The molecule has 0 aromatic carbocycles. The first-order chi connectivity index (χ1) is 10.6. The van der Waals surface area contributed by atoms with Crippen LogP contribution >= 0.6 is 0 Å². The van der Waals surface area contributed by atoms with Gasteiger partial charge in [-0.15, -0.1) is 0 Å². The third kappa shape index (κ3) is 13.1. The highest BCUT2D eigenvalue weighted by Gasteiger charge is 2.12. The summed E-state index contributed by atoms with van der Waals surface area (Å²) in [5.41, 5.74) is 0. The molecule has 4 heteroatoms. The van der Waals surface area contributed by atoms with Crippen LogP contribution < -0.4 is 10.6 Å². The van der Waals surface area contributed by atoms with Crippen molar-refractivity contribution >= 4 is 5.91 Å². The quantitative estimate of drug-likeness (QED) is 0.315. The van der Waals surface area contributed by atoms with Gasteiger partial charge >= 0.3 is 0 Å². The van der Waals surface area contributed by atoms with Gasteiger partial charge in [-0.25, -0.2) is 0 Å². The second-order valence-corrected chi connectivity index (χ2v) is 6.20. The Balaban J connectivity index is 3.52. The van der Waals surface area contributed by atoms with Gasteiger partial charge in [0.15, 0.2) is 0 Å². The second-order valence-electron chi connectivity index (χ2n) is 6.20. The van der Waals surface area contributed by atoms with Crippen LogP contribution in [0.2, 0.25) is 0 Å². The zero-order valence-electron chi connectivity index (χ0n) is 15.0. The second kappa shape index (κ2) is 15.3. The van der Waals surface area contributed by atoms with Crippen LogP contribution in [0.1, 0.15) is 97.8 Å². The molecule has 0 spiro atoms. The lowest BCUT2D eigenvalue weighted by Gasteiger charge is -2.21. The van der Waals surface area contributed by atoms with Crippen molar-refractivity contribution < 1.29 is 9.90 Å². The van der Waals surface area contributed by atoms with Gasteiger partial charge in [-0.05, 0) is 19.3 Å². The van der Waals surface area contributed by atoms with Crippen LogP contribution in [0, 0.1) is 0 Å². The number of nitrogens with one attached hydrogen (secondary N) is 2. The number of carbonyl (C=O) groups excluding carboxylic acids is 1. The fraction of sp³-hybridized carbons (Fsp3) is 0.944. The first-order valence-corrected chi connectivity index (χ1v) is 9.37. The van der Waals surface area contributed by atoms with E-state index in [-0.39, 0.29) is 12.1 Å². The molecule has 0 aliphatic heterocycles. The summed E-state index contributed by atoms with van der Waals surface area (Å²) < 4.78 is 0. The zero-order chi connectivity index (χ0) is 16.6. The number of aliphatic hydroxyl groups is 1. The maximum Gasteiger partial charge on any atom is 0.221 e. The van der Waals surface area contributed by atoms with E-state index in [1.807, 2.05) is 13.8 Å². The molecule has 0 radical (unpaired) electrons. The SMILES string of the molecule is CCCCCCCCCCCC(=O)NC(CC)NC(O)CC. The molecule has 0 aliphatic rings. The van der Waals surface area contributed by atoms with Crippen molar-refractivity contribution in [3.05, 3.63) is 0 Å². The summed E-state index contributed by atoms with van der Waals surface area (Å²) in [7, 11) is 0. The highest BCUT2D eigenvalue weighted by atomic mass is 16.3. The third-order valence-electron chi connectivity index (χ3n) is 4.03. The Morgan fingerprint density at radius 2 is 1.41 bits per heavy atom. The smallest absolute Gasteiger partial charge is 0.221 e. The molecule has 4 nitrogen and oxygen atoms in total. The molecule has 0 bridgehead atoms. The molecule has 0 fully saturated rings. The van der Waals surface area contributed by atoms with Gasteiger partial charge in [0, 0.05) is 6.42 Å². The average Bonchev–Trinajstić information content (AvgIpc) is 2.52. The number of amides is 1. The molecule has 0 aromatic rings. The standard InChI is InChI=1S/C18H38N2O2/c1-4-7-8-9-10-11-12-13-14-15-18(22)20-16(5-2)19-17(21)6-3/h16-17,19,21H,4-15H2,1-3H3,(H,20,22). The molecule has 2 atom stereocenters. The highest BCUT2D eigenvalue weighted by Crippen LogP contribution is 2.10. The molecule has 0 rings (SSSR count). The van der Waals surface area contributed by atoms with E-state index in [0.29, 0.717) is 12.8 Å². The summed E-state index contributed by atoms with van der Waals surface area (Å²) in [6.45, 7) is 6.15. The van der Waals surface area contributed by atoms with Crippen LogP contribution in [0.3, 0.4) is 0 Å². The number of rotatable bonds is 15. The van der Waals surface area contributed by atoms with Crippen molar-refractivity contribution in [3.8, 4) is 0 Å². The monoisotopic (exact) mass is 314 g/mol. The normalized spacial score (nSPS) is 13.8. The summed E-state index contributed by atoms with van der Waals surface area (Å²) in [6.07, 6.45) is 12.7. The number of hydrogen-bond donors (Lipinski definition) is 3. The van der Waals surface area contributed by atoms with Crippen molar-refractivity contribution in [3.63, 3.8) is 0 Å². The van der Waals surface area contributed by atoms with Crippen LogP contribution in [-0.2, 0) is 4.79 Å². The minimum absolute atomic E-state index is 0.0885. The van der Waals surface area contributed by atoms with Crippen LogP contribution in [0.25, 0.3) is 0 Å². The molecule has 0 aromatic heterocycles. The number of aliphatic hydroxyl groups excluding tert-OH is 1. The number of unbranched alkanes of at least 4 members (excludes halogenated alkanes) is 8. The average molecular weight is 315 g/mol. The van der Waals surface area contributed by atoms with Crippen molar-refractivity contribution in [2.75, 3.05) is 0 Å². The summed E-state index contributed by atoms with van der Waals surface area (Å²) in [5, 5.41) is 15.5. The largest absolute Gasteiger partial charge is 0.379 e. The highest BCUT2D eigenvalue weighted by molar-refractivity contribution is 5.76. The molecule has 1 amide bonds. The minimum Gasteiger partial charge on any atom is -0.379 e. The Labute approximate surface area is 137 Å². The van der Waals surface area contributed by atoms with Crippen molar-refractivity contribution in [2.24, 2.45) is 0 Å². The Morgan fingerprint density at radius 1 is 0.864 bits per heavy atom. The van der Waals surface area contributed by atoms with E-state index in [0.717, 1.165) is 19.3 Å². The Hall–Kier alpha value is -0.610. The maximum absolute atomic E-state index is 11.9. The van der Waals surface area contributed by atoms with E-state index in [1.165, 1.54) is 44.9 Å². The molecule has 22 heavy (non-hydrogen) atoms.